The molecule has 0 heterocycles. The Balaban J connectivity index is 2.00. The maximum atomic E-state index is 6.33. The molecule has 1 aromatic carbocycles. The lowest BCUT2D eigenvalue weighted by Crippen LogP contribution is -2.40. The lowest BCUT2D eigenvalue weighted by molar-refractivity contribution is 0.0510. The molecule has 1 aliphatic carbocycles. The summed E-state index contributed by atoms with van der Waals surface area (Å²) >= 11 is 3.75. The molecular weight excluding hydrogens is 408 g/mol. The zero-order valence-electron chi connectivity index (χ0n) is 17.1. The van der Waals surface area contributed by atoms with Crippen molar-refractivity contribution in [3.63, 3.8) is 0 Å². The summed E-state index contributed by atoms with van der Waals surface area (Å²) < 4.78 is 18.1. The molecule has 0 spiro atoms. The fraction of sp³-hybridized carbons (Fsp3) is 0.619. The molecule has 0 N–H and O–H groups in total. The van der Waals surface area contributed by atoms with Crippen LogP contribution in [0.4, 0.5) is 0 Å². The molecule has 0 radical (unpaired) electrons. The summed E-state index contributed by atoms with van der Waals surface area (Å²) in [5.41, 5.74) is 4.12. The maximum absolute atomic E-state index is 6.33. The molecule has 0 saturated carbocycles. The van der Waals surface area contributed by atoms with E-state index >= 15 is 0 Å². The van der Waals surface area contributed by atoms with Crippen molar-refractivity contribution in [1.29, 1.82) is 0 Å². The summed E-state index contributed by atoms with van der Waals surface area (Å²) in [7, 11) is -0.0126. The summed E-state index contributed by atoms with van der Waals surface area (Å²) in [5.74, 6) is 0.861. The molecular formula is C21H33BrO3Si. The highest BCUT2D eigenvalue weighted by Crippen LogP contribution is 2.39. The van der Waals surface area contributed by atoms with Crippen LogP contribution in [-0.2, 0) is 15.6 Å². The van der Waals surface area contributed by atoms with E-state index in [1.165, 1.54) is 16.7 Å². The number of allylic oxidation sites excluding steroid dienone is 2. The Hall–Kier alpha value is -0.623. The van der Waals surface area contributed by atoms with Gasteiger partial charge in [0.05, 0.1) is 0 Å². The van der Waals surface area contributed by atoms with Crippen LogP contribution in [0.3, 0.4) is 0 Å². The number of hydrogen-bond donors (Lipinski definition) is 0. The van der Waals surface area contributed by atoms with E-state index < -0.39 is 8.32 Å². The molecule has 0 aromatic heterocycles. The number of methoxy groups -OCH3 is 1. The van der Waals surface area contributed by atoms with Crippen LogP contribution < -0.4 is 4.74 Å². The first-order valence-corrected chi connectivity index (χ1v) is 13.1. The molecule has 0 bridgehead atoms. The molecule has 0 unspecified atom stereocenters. The molecule has 0 amide bonds. The quantitative estimate of drug-likeness (QED) is 0.260. The Kier molecular flexibility index (Phi) is 7.54. The molecule has 0 aliphatic heterocycles. The van der Waals surface area contributed by atoms with Gasteiger partial charge in [-0.1, -0.05) is 42.8 Å². The molecule has 0 atom stereocenters. The summed E-state index contributed by atoms with van der Waals surface area (Å²) in [4.78, 5) is 0. The van der Waals surface area contributed by atoms with Crippen LogP contribution in [0.2, 0.25) is 18.1 Å². The largest absolute Gasteiger partial charge is 0.468 e. The van der Waals surface area contributed by atoms with Crippen LogP contribution >= 0.6 is 15.9 Å². The molecule has 146 valence electrons. The van der Waals surface area contributed by atoms with Gasteiger partial charge in [0.15, 0.2) is 15.1 Å². The third-order valence-electron chi connectivity index (χ3n) is 5.47. The van der Waals surface area contributed by atoms with Crippen LogP contribution in [0.25, 0.3) is 5.57 Å². The molecule has 3 nitrogen and oxygen atoms in total. The number of fused-ring (bicyclic) bond motifs is 1. The summed E-state index contributed by atoms with van der Waals surface area (Å²) in [6.07, 6.45) is 6.65. The van der Waals surface area contributed by atoms with Crippen LogP contribution in [0.5, 0.6) is 5.75 Å². The van der Waals surface area contributed by atoms with E-state index in [4.69, 9.17) is 13.9 Å². The second-order valence-corrected chi connectivity index (χ2v) is 14.1. The fourth-order valence-electron chi connectivity index (χ4n) is 2.94. The second kappa shape index (κ2) is 9.05. The molecule has 0 fully saturated rings. The number of aryl methyl sites for hydroxylation is 1. The topological polar surface area (TPSA) is 27.7 Å². The van der Waals surface area contributed by atoms with Gasteiger partial charge >= 0.3 is 0 Å². The van der Waals surface area contributed by atoms with Crippen molar-refractivity contribution < 1.29 is 13.9 Å². The standard InChI is InChI=1S/C21H33BrO3Si/c1-21(2,3)26(5,6)25-12-8-11-16-9-7-10-17-13-18(24-15-23-4)14-19(22)20(16)17/h9,13-14H,7-8,10-12,15H2,1-6H3. The minimum atomic E-state index is -1.65. The molecule has 1 aliphatic rings. The fourth-order valence-corrected chi connectivity index (χ4v) is 4.76. The molecule has 0 saturated heterocycles. The van der Waals surface area contributed by atoms with E-state index in [0.29, 0.717) is 0 Å². The number of ether oxygens (including phenoxy) is 2. The maximum Gasteiger partial charge on any atom is 0.191 e. The van der Waals surface area contributed by atoms with Gasteiger partial charge in [0, 0.05) is 18.2 Å². The third-order valence-corrected chi connectivity index (χ3v) is 10.6. The number of rotatable bonds is 8. The van der Waals surface area contributed by atoms with Gasteiger partial charge in [-0.25, -0.2) is 0 Å². The molecule has 5 heteroatoms. The van der Waals surface area contributed by atoms with Crippen molar-refractivity contribution >= 4 is 29.8 Å². The Morgan fingerprint density at radius 3 is 2.58 bits per heavy atom. The van der Waals surface area contributed by atoms with Crippen molar-refractivity contribution in [3.05, 3.63) is 33.8 Å². The van der Waals surface area contributed by atoms with Gasteiger partial charge in [-0.15, -0.1) is 0 Å². The van der Waals surface area contributed by atoms with Gasteiger partial charge in [0.25, 0.3) is 0 Å². The van der Waals surface area contributed by atoms with Crippen molar-refractivity contribution in [2.75, 3.05) is 20.5 Å². The van der Waals surface area contributed by atoms with Crippen molar-refractivity contribution in [3.8, 4) is 5.75 Å². The SMILES string of the molecule is COCOc1cc(Br)c2c(c1)CCC=C2CCCO[Si](C)(C)C(C)(C)C. The monoisotopic (exact) mass is 440 g/mol. The van der Waals surface area contributed by atoms with E-state index in [1.807, 2.05) is 6.07 Å². The minimum Gasteiger partial charge on any atom is -0.468 e. The average molecular weight is 441 g/mol. The lowest BCUT2D eigenvalue weighted by Gasteiger charge is -2.36. The van der Waals surface area contributed by atoms with Crippen LogP contribution in [0.15, 0.2) is 22.7 Å². The first kappa shape index (κ1) is 21.7. The third kappa shape index (κ3) is 5.44. The zero-order chi connectivity index (χ0) is 19.4. The first-order chi connectivity index (χ1) is 12.2. The van der Waals surface area contributed by atoms with Gasteiger partial charge in [-0.3, -0.25) is 0 Å². The van der Waals surface area contributed by atoms with Gasteiger partial charge < -0.3 is 13.9 Å². The predicted molar refractivity (Wildman–Crippen MR) is 115 cm³/mol. The van der Waals surface area contributed by atoms with E-state index in [9.17, 15) is 0 Å². The average Bonchev–Trinajstić information content (AvgIpc) is 2.55. The normalized spacial score (nSPS) is 14.8. The minimum absolute atomic E-state index is 0.269. The second-order valence-electron chi connectivity index (χ2n) is 8.47. The Labute approximate surface area is 168 Å². The number of hydrogen-bond acceptors (Lipinski definition) is 3. The Morgan fingerprint density at radius 1 is 1.19 bits per heavy atom. The van der Waals surface area contributed by atoms with Gasteiger partial charge in [0.1, 0.15) is 5.75 Å². The predicted octanol–water partition coefficient (Wildman–Crippen LogP) is 6.56. The lowest BCUT2D eigenvalue weighted by atomic mass is 9.88. The molecule has 1 aromatic rings. The van der Waals surface area contributed by atoms with Crippen LogP contribution in [0, 0.1) is 0 Å². The van der Waals surface area contributed by atoms with Crippen molar-refractivity contribution in [2.24, 2.45) is 0 Å². The zero-order valence-corrected chi connectivity index (χ0v) is 19.7. The highest BCUT2D eigenvalue weighted by molar-refractivity contribution is 9.10. The van der Waals surface area contributed by atoms with E-state index in [2.05, 4.69) is 61.9 Å². The summed E-state index contributed by atoms with van der Waals surface area (Å²) in [5, 5.41) is 0.269. The van der Waals surface area contributed by atoms with Gasteiger partial charge in [-0.2, -0.15) is 0 Å². The van der Waals surface area contributed by atoms with E-state index in [0.717, 1.165) is 42.5 Å². The summed E-state index contributed by atoms with van der Waals surface area (Å²) in [6.45, 7) is 12.6. The summed E-state index contributed by atoms with van der Waals surface area (Å²) in [6, 6.07) is 4.20. The van der Waals surface area contributed by atoms with Crippen LogP contribution in [0.1, 0.15) is 51.2 Å². The number of halogens is 1. The first-order valence-electron chi connectivity index (χ1n) is 9.43. The Bertz CT molecular complexity index is 647. The Morgan fingerprint density at radius 2 is 1.92 bits per heavy atom. The van der Waals surface area contributed by atoms with Crippen molar-refractivity contribution in [2.45, 2.75) is 64.6 Å². The smallest absolute Gasteiger partial charge is 0.191 e. The van der Waals surface area contributed by atoms with Gasteiger partial charge in [-0.05, 0) is 72.6 Å². The molecule has 26 heavy (non-hydrogen) atoms. The van der Waals surface area contributed by atoms with E-state index in [1.54, 1.807) is 7.11 Å². The van der Waals surface area contributed by atoms with E-state index in [-0.39, 0.29) is 11.8 Å². The van der Waals surface area contributed by atoms with Crippen molar-refractivity contribution in [1.82, 2.24) is 0 Å². The number of benzene rings is 1. The molecule has 2 rings (SSSR count). The highest BCUT2D eigenvalue weighted by atomic mass is 79.9. The highest BCUT2D eigenvalue weighted by Gasteiger charge is 2.36. The van der Waals surface area contributed by atoms with Crippen LogP contribution in [-0.4, -0.2) is 28.8 Å². The van der Waals surface area contributed by atoms with Gasteiger partial charge in [0.2, 0.25) is 0 Å².